The van der Waals surface area contributed by atoms with Gasteiger partial charge in [0.25, 0.3) is 0 Å². The van der Waals surface area contributed by atoms with Crippen molar-refractivity contribution < 1.29 is 9.90 Å². The molecule has 1 heterocycles. The summed E-state index contributed by atoms with van der Waals surface area (Å²) in [5.41, 5.74) is 8.34. The van der Waals surface area contributed by atoms with Gasteiger partial charge in [-0.15, -0.1) is 0 Å². The first-order chi connectivity index (χ1) is 6.70. The molecule has 0 saturated carbocycles. The zero-order valence-corrected chi connectivity index (χ0v) is 7.66. The van der Waals surface area contributed by atoms with Gasteiger partial charge >= 0.3 is 0 Å². The minimum Gasteiger partial charge on any atom is -0.394 e. The van der Waals surface area contributed by atoms with E-state index in [0.29, 0.717) is 6.42 Å². The topological polar surface area (TPSA) is 75.3 Å². The van der Waals surface area contributed by atoms with Crippen LogP contribution in [0.3, 0.4) is 0 Å². The van der Waals surface area contributed by atoms with Gasteiger partial charge in [0.15, 0.2) is 0 Å². The third kappa shape index (κ3) is 1.49. The first-order valence-electron chi connectivity index (χ1n) is 4.50. The van der Waals surface area contributed by atoms with Crippen molar-refractivity contribution in [3.8, 4) is 0 Å². The summed E-state index contributed by atoms with van der Waals surface area (Å²) in [5, 5.41) is 11.6. The van der Waals surface area contributed by atoms with E-state index < -0.39 is 0 Å². The fraction of sp³-hybridized carbons (Fsp3) is 0.300. The van der Waals surface area contributed by atoms with Crippen LogP contribution in [0.5, 0.6) is 0 Å². The molecule has 0 spiro atoms. The second-order valence-electron chi connectivity index (χ2n) is 3.43. The van der Waals surface area contributed by atoms with Gasteiger partial charge in [0.05, 0.1) is 19.1 Å². The Labute approximate surface area is 81.7 Å². The van der Waals surface area contributed by atoms with Gasteiger partial charge in [-0.25, -0.2) is 0 Å². The first-order valence-corrected chi connectivity index (χ1v) is 4.50. The predicted molar refractivity (Wildman–Crippen MR) is 52.8 cm³/mol. The van der Waals surface area contributed by atoms with E-state index in [2.05, 4.69) is 5.32 Å². The lowest BCUT2D eigenvalue weighted by molar-refractivity contribution is -0.115. The van der Waals surface area contributed by atoms with Gasteiger partial charge < -0.3 is 16.2 Å². The number of carbonyl (C=O) groups is 1. The van der Waals surface area contributed by atoms with Crippen molar-refractivity contribution in [2.75, 3.05) is 11.9 Å². The largest absolute Gasteiger partial charge is 0.394 e. The standard InChI is InChI=1S/C10H12N2O2/c11-8(5-13)6-1-2-9-7(3-6)4-10(14)12-9/h1-3,8,13H,4-5,11H2,(H,12,14). The van der Waals surface area contributed by atoms with E-state index in [1.165, 1.54) is 0 Å². The van der Waals surface area contributed by atoms with E-state index in [1.54, 1.807) is 0 Å². The fourth-order valence-electron chi connectivity index (χ4n) is 1.59. The SMILES string of the molecule is NC(CO)c1ccc2c(c1)CC(=O)N2. The fourth-order valence-corrected chi connectivity index (χ4v) is 1.59. The number of rotatable bonds is 2. The molecule has 1 unspecified atom stereocenters. The Bertz CT molecular complexity index is 376. The minimum atomic E-state index is -0.365. The van der Waals surface area contributed by atoms with Crippen LogP contribution in [0, 0.1) is 0 Å². The number of carbonyl (C=O) groups excluding carboxylic acids is 1. The zero-order valence-electron chi connectivity index (χ0n) is 7.66. The van der Waals surface area contributed by atoms with Gasteiger partial charge in [-0.05, 0) is 17.2 Å². The average Bonchev–Trinajstić information content (AvgIpc) is 2.55. The van der Waals surface area contributed by atoms with Crippen LogP contribution >= 0.6 is 0 Å². The van der Waals surface area contributed by atoms with E-state index in [4.69, 9.17) is 10.8 Å². The van der Waals surface area contributed by atoms with Crippen molar-refractivity contribution in [1.82, 2.24) is 0 Å². The maximum absolute atomic E-state index is 11.1. The van der Waals surface area contributed by atoms with Crippen LogP contribution < -0.4 is 11.1 Å². The normalized spacial score (nSPS) is 16.3. The predicted octanol–water partition coefficient (Wildman–Crippen LogP) is 0.173. The number of aliphatic hydroxyl groups is 1. The molecule has 14 heavy (non-hydrogen) atoms. The number of hydrogen-bond donors (Lipinski definition) is 3. The van der Waals surface area contributed by atoms with Crippen molar-refractivity contribution >= 4 is 11.6 Å². The van der Waals surface area contributed by atoms with Crippen molar-refractivity contribution in [3.05, 3.63) is 29.3 Å². The molecule has 4 N–H and O–H groups in total. The van der Waals surface area contributed by atoms with Crippen molar-refractivity contribution in [1.29, 1.82) is 0 Å². The second-order valence-corrected chi connectivity index (χ2v) is 3.43. The molecule has 0 aliphatic carbocycles. The monoisotopic (exact) mass is 192 g/mol. The number of nitrogens with two attached hydrogens (primary N) is 1. The van der Waals surface area contributed by atoms with Gasteiger partial charge in [0, 0.05) is 5.69 Å². The summed E-state index contributed by atoms with van der Waals surface area (Å²) in [5.74, 6) is 0.00900. The zero-order chi connectivity index (χ0) is 10.1. The molecule has 1 amide bonds. The molecular weight excluding hydrogens is 180 g/mol. The Morgan fingerprint density at radius 3 is 3.07 bits per heavy atom. The number of anilines is 1. The Kier molecular flexibility index (Phi) is 2.23. The lowest BCUT2D eigenvalue weighted by atomic mass is 10.0. The highest BCUT2D eigenvalue weighted by Crippen LogP contribution is 2.25. The minimum absolute atomic E-state index is 0.00900. The summed E-state index contributed by atoms with van der Waals surface area (Å²) in [7, 11) is 0. The van der Waals surface area contributed by atoms with Gasteiger partial charge in [-0.2, -0.15) is 0 Å². The van der Waals surface area contributed by atoms with E-state index >= 15 is 0 Å². The molecule has 4 heteroatoms. The molecule has 2 rings (SSSR count). The number of amides is 1. The Morgan fingerprint density at radius 1 is 1.57 bits per heavy atom. The van der Waals surface area contributed by atoms with Crippen molar-refractivity contribution in [3.63, 3.8) is 0 Å². The first kappa shape index (κ1) is 9.18. The summed E-state index contributed by atoms with van der Waals surface area (Å²) >= 11 is 0. The molecule has 1 aromatic carbocycles. The molecule has 0 saturated heterocycles. The molecule has 74 valence electrons. The lowest BCUT2D eigenvalue weighted by Gasteiger charge is -2.09. The third-order valence-electron chi connectivity index (χ3n) is 2.38. The maximum Gasteiger partial charge on any atom is 0.228 e. The van der Waals surface area contributed by atoms with E-state index in [-0.39, 0.29) is 18.6 Å². The Balaban J connectivity index is 2.32. The van der Waals surface area contributed by atoms with Crippen molar-refractivity contribution in [2.24, 2.45) is 5.73 Å². The molecule has 1 atom stereocenters. The van der Waals surface area contributed by atoms with Gasteiger partial charge in [-0.1, -0.05) is 12.1 Å². The van der Waals surface area contributed by atoms with Gasteiger partial charge in [0.1, 0.15) is 0 Å². The molecule has 0 fully saturated rings. The summed E-state index contributed by atoms with van der Waals surface area (Å²) in [6, 6.07) is 5.15. The van der Waals surface area contributed by atoms with Crippen LogP contribution in [-0.2, 0) is 11.2 Å². The summed E-state index contributed by atoms with van der Waals surface area (Å²) < 4.78 is 0. The second kappa shape index (κ2) is 3.40. The lowest BCUT2D eigenvalue weighted by Crippen LogP contribution is -2.14. The highest BCUT2D eigenvalue weighted by Gasteiger charge is 2.18. The van der Waals surface area contributed by atoms with Crippen LogP contribution in [0.4, 0.5) is 5.69 Å². The molecule has 1 aliphatic heterocycles. The van der Waals surface area contributed by atoms with Crippen LogP contribution in [0.25, 0.3) is 0 Å². The molecular formula is C10H12N2O2. The van der Waals surface area contributed by atoms with E-state index in [0.717, 1.165) is 16.8 Å². The van der Waals surface area contributed by atoms with Crippen LogP contribution in [0.15, 0.2) is 18.2 Å². The summed E-state index contributed by atoms with van der Waals surface area (Å²) in [6.07, 6.45) is 0.404. The smallest absolute Gasteiger partial charge is 0.228 e. The van der Waals surface area contributed by atoms with Crippen LogP contribution in [0.2, 0.25) is 0 Å². The van der Waals surface area contributed by atoms with E-state index in [9.17, 15) is 4.79 Å². The number of benzene rings is 1. The van der Waals surface area contributed by atoms with Crippen LogP contribution in [0.1, 0.15) is 17.2 Å². The van der Waals surface area contributed by atoms with Crippen molar-refractivity contribution in [2.45, 2.75) is 12.5 Å². The van der Waals surface area contributed by atoms with E-state index in [1.807, 2.05) is 18.2 Å². The highest BCUT2D eigenvalue weighted by molar-refractivity contribution is 5.99. The molecule has 0 bridgehead atoms. The quantitative estimate of drug-likeness (QED) is 0.625. The summed E-state index contributed by atoms with van der Waals surface area (Å²) in [4.78, 5) is 11.1. The average molecular weight is 192 g/mol. The molecule has 0 radical (unpaired) electrons. The summed E-state index contributed by atoms with van der Waals surface area (Å²) in [6.45, 7) is -0.0832. The van der Waals surface area contributed by atoms with Gasteiger partial charge in [-0.3, -0.25) is 4.79 Å². The Hall–Kier alpha value is -1.39. The number of nitrogens with one attached hydrogen (secondary N) is 1. The molecule has 4 nitrogen and oxygen atoms in total. The van der Waals surface area contributed by atoms with Gasteiger partial charge in [0.2, 0.25) is 5.91 Å². The maximum atomic E-state index is 11.1. The number of hydrogen-bond acceptors (Lipinski definition) is 3. The third-order valence-corrected chi connectivity index (χ3v) is 2.38. The highest BCUT2D eigenvalue weighted by atomic mass is 16.3. The van der Waals surface area contributed by atoms with Crippen LogP contribution in [-0.4, -0.2) is 17.6 Å². The molecule has 1 aromatic rings. The Morgan fingerprint density at radius 2 is 2.36 bits per heavy atom. The molecule has 1 aliphatic rings. The number of aliphatic hydroxyl groups excluding tert-OH is 1. The molecule has 0 aromatic heterocycles. The number of fused-ring (bicyclic) bond motifs is 1.